The second-order valence-corrected chi connectivity index (χ2v) is 7.28. The van der Waals surface area contributed by atoms with Gasteiger partial charge < -0.3 is 20.7 Å². The van der Waals surface area contributed by atoms with E-state index in [2.05, 4.69) is 21.3 Å². The van der Waals surface area contributed by atoms with E-state index in [1.165, 1.54) is 12.7 Å². The summed E-state index contributed by atoms with van der Waals surface area (Å²) in [5.41, 5.74) is 2.16. The molecule has 0 spiro atoms. The van der Waals surface area contributed by atoms with Gasteiger partial charge >= 0.3 is 6.03 Å². The Kier molecular flexibility index (Phi) is 5.78. The smallest absolute Gasteiger partial charge is 0.319 e. The Morgan fingerprint density at radius 1 is 1.31 bits per heavy atom. The number of nitrogens with one attached hydrogen (secondary N) is 3. The van der Waals surface area contributed by atoms with Crippen LogP contribution in [0.25, 0.3) is 0 Å². The van der Waals surface area contributed by atoms with E-state index in [9.17, 15) is 9.59 Å². The van der Waals surface area contributed by atoms with Gasteiger partial charge in [0.15, 0.2) is 0 Å². The van der Waals surface area contributed by atoms with Crippen LogP contribution in [0.2, 0.25) is 0 Å². The topological polar surface area (TPSA) is 79.5 Å². The molecule has 1 aliphatic carbocycles. The molecule has 3 rings (SSSR count). The molecule has 26 heavy (non-hydrogen) atoms. The Morgan fingerprint density at radius 3 is 2.77 bits per heavy atom. The first-order valence-electron chi connectivity index (χ1n) is 8.62. The quantitative estimate of drug-likeness (QED) is 0.696. The highest BCUT2D eigenvalue weighted by atomic mass is 32.1. The van der Waals surface area contributed by atoms with Gasteiger partial charge in [0.1, 0.15) is 5.75 Å². The third-order valence-electron chi connectivity index (χ3n) is 4.12. The lowest BCUT2D eigenvalue weighted by Gasteiger charge is -2.16. The fourth-order valence-electron chi connectivity index (χ4n) is 2.64. The lowest BCUT2D eigenvalue weighted by Crippen LogP contribution is -2.37. The van der Waals surface area contributed by atoms with Gasteiger partial charge in [0.2, 0.25) is 0 Å². The van der Waals surface area contributed by atoms with Crippen molar-refractivity contribution in [3.05, 3.63) is 46.2 Å². The molecule has 1 saturated carbocycles. The van der Waals surface area contributed by atoms with Gasteiger partial charge in [0.05, 0.1) is 12.8 Å². The molecule has 1 aromatic carbocycles. The highest BCUT2D eigenvalue weighted by Gasteiger charge is 2.24. The van der Waals surface area contributed by atoms with Gasteiger partial charge in [-0.05, 0) is 66.8 Å². The first-order valence-corrected chi connectivity index (χ1v) is 9.57. The maximum Gasteiger partial charge on any atom is 0.319 e. The van der Waals surface area contributed by atoms with Gasteiger partial charge in [-0.2, -0.15) is 11.3 Å². The predicted octanol–water partition coefficient (Wildman–Crippen LogP) is 3.40. The molecule has 138 valence electrons. The molecule has 1 aliphatic rings. The molecule has 0 unspecified atom stereocenters. The Bertz CT molecular complexity index is 772. The molecule has 0 saturated heterocycles. The molecule has 6 nitrogen and oxygen atoms in total. The Labute approximate surface area is 156 Å². The minimum Gasteiger partial charge on any atom is -0.495 e. The number of amides is 3. The van der Waals surface area contributed by atoms with Crippen molar-refractivity contribution in [3.8, 4) is 5.75 Å². The molecular weight excluding hydrogens is 350 g/mol. The molecule has 0 aliphatic heterocycles. The summed E-state index contributed by atoms with van der Waals surface area (Å²) in [6.07, 6.45) is 2.81. The summed E-state index contributed by atoms with van der Waals surface area (Å²) < 4.78 is 5.29. The zero-order chi connectivity index (χ0) is 18.5. The average molecular weight is 373 g/mol. The Hall–Kier alpha value is -2.54. The van der Waals surface area contributed by atoms with E-state index in [1.54, 1.807) is 29.5 Å². The number of benzene rings is 1. The third kappa shape index (κ3) is 4.98. The van der Waals surface area contributed by atoms with E-state index >= 15 is 0 Å². The van der Waals surface area contributed by atoms with Crippen LogP contribution in [0.15, 0.2) is 35.0 Å². The van der Waals surface area contributed by atoms with Crippen LogP contribution < -0.4 is 20.7 Å². The van der Waals surface area contributed by atoms with Crippen molar-refractivity contribution in [2.24, 2.45) is 0 Å². The number of rotatable bonds is 7. The number of hydrogen-bond acceptors (Lipinski definition) is 4. The van der Waals surface area contributed by atoms with Crippen LogP contribution in [0.4, 0.5) is 10.5 Å². The highest BCUT2D eigenvalue weighted by molar-refractivity contribution is 7.07. The summed E-state index contributed by atoms with van der Waals surface area (Å²) in [4.78, 5) is 24.5. The maximum atomic E-state index is 12.3. The Balaban J connectivity index is 1.62. The number of anilines is 1. The van der Waals surface area contributed by atoms with Gasteiger partial charge in [0, 0.05) is 17.6 Å². The molecule has 2 aromatic rings. The number of urea groups is 1. The lowest BCUT2D eigenvalue weighted by atomic mass is 10.1. The monoisotopic (exact) mass is 373 g/mol. The predicted molar refractivity (Wildman–Crippen MR) is 103 cm³/mol. The number of ether oxygens (including phenoxy) is 1. The standard InChI is InChI=1S/C19H23N3O3S/c1-12(9-13-7-8-26-11-13)20-19(24)22-16-10-14(3-6-17(16)25-2)18(23)21-15-4-5-15/h3,6-8,10-12,15H,4-5,9H2,1-2H3,(H,21,23)(H2,20,22,24)/t12-/m1/s1. The maximum absolute atomic E-state index is 12.3. The number of carbonyl (C=O) groups excluding carboxylic acids is 2. The molecule has 1 aromatic heterocycles. The molecule has 0 radical (unpaired) electrons. The summed E-state index contributed by atoms with van der Waals surface area (Å²) in [5, 5.41) is 12.7. The van der Waals surface area contributed by atoms with Crippen LogP contribution in [-0.2, 0) is 6.42 Å². The second-order valence-electron chi connectivity index (χ2n) is 6.50. The van der Waals surface area contributed by atoms with Gasteiger partial charge in [-0.15, -0.1) is 0 Å². The summed E-state index contributed by atoms with van der Waals surface area (Å²) in [7, 11) is 1.53. The zero-order valence-electron chi connectivity index (χ0n) is 14.9. The minimum absolute atomic E-state index is 0.0167. The first kappa shape index (κ1) is 18.3. The number of methoxy groups -OCH3 is 1. The average Bonchev–Trinajstić information content (AvgIpc) is 3.27. The van der Waals surface area contributed by atoms with Crippen molar-refractivity contribution >= 4 is 29.0 Å². The summed E-state index contributed by atoms with van der Waals surface area (Å²) >= 11 is 1.64. The van der Waals surface area contributed by atoms with E-state index in [-0.39, 0.29) is 24.0 Å². The second kappa shape index (κ2) is 8.23. The van der Waals surface area contributed by atoms with E-state index < -0.39 is 0 Å². The molecule has 3 amide bonds. The third-order valence-corrected chi connectivity index (χ3v) is 4.85. The summed E-state index contributed by atoms with van der Waals surface area (Å²) in [6, 6.07) is 7.00. The largest absolute Gasteiger partial charge is 0.495 e. The van der Waals surface area contributed by atoms with Gasteiger partial charge in [-0.1, -0.05) is 0 Å². The molecule has 1 fully saturated rings. The van der Waals surface area contributed by atoms with Crippen molar-refractivity contribution < 1.29 is 14.3 Å². The van der Waals surface area contributed by atoms with E-state index in [0.29, 0.717) is 17.0 Å². The molecule has 3 N–H and O–H groups in total. The SMILES string of the molecule is COc1ccc(C(=O)NC2CC2)cc1NC(=O)N[C@H](C)Cc1ccsc1. The van der Waals surface area contributed by atoms with E-state index in [1.807, 2.05) is 18.4 Å². The lowest BCUT2D eigenvalue weighted by molar-refractivity contribution is 0.0951. The van der Waals surface area contributed by atoms with E-state index in [0.717, 1.165) is 19.3 Å². The van der Waals surface area contributed by atoms with Crippen molar-refractivity contribution in [2.45, 2.75) is 38.3 Å². The number of hydrogen-bond donors (Lipinski definition) is 3. The fraction of sp³-hybridized carbons (Fsp3) is 0.368. The van der Waals surface area contributed by atoms with Crippen LogP contribution in [0, 0.1) is 0 Å². The molecule has 0 bridgehead atoms. The van der Waals surface area contributed by atoms with E-state index in [4.69, 9.17) is 4.74 Å². The summed E-state index contributed by atoms with van der Waals surface area (Å²) in [5.74, 6) is 0.373. The normalized spacial score (nSPS) is 14.4. The number of carbonyl (C=O) groups is 2. The van der Waals surface area contributed by atoms with Crippen LogP contribution in [0.3, 0.4) is 0 Å². The van der Waals surface area contributed by atoms with Crippen LogP contribution in [0.5, 0.6) is 5.75 Å². The van der Waals surface area contributed by atoms with Crippen molar-refractivity contribution in [1.82, 2.24) is 10.6 Å². The van der Waals surface area contributed by atoms with Gasteiger partial charge in [-0.25, -0.2) is 4.79 Å². The first-order chi connectivity index (χ1) is 12.5. The summed E-state index contributed by atoms with van der Waals surface area (Å²) in [6.45, 7) is 1.95. The molecule has 1 heterocycles. The van der Waals surface area contributed by atoms with Crippen LogP contribution in [0.1, 0.15) is 35.7 Å². The van der Waals surface area contributed by atoms with Crippen LogP contribution >= 0.6 is 11.3 Å². The highest BCUT2D eigenvalue weighted by Crippen LogP contribution is 2.26. The van der Waals surface area contributed by atoms with Gasteiger partial charge in [-0.3, -0.25) is 4.79 Å². The fourth-order valence-corrected chi connectivity index (χ4v) is 3.32. The zero-order valence-corrected chi connectivity index (χ0v) is 15.7. The minimum atomic E-state index is -0.328. The molecule has 1 atom stereocenters. The molecule has 7 heteroatoms. The van der Waals surface area contributed by atoms with Crippen LogP contribution in [-0.4, -0.2) is 31.1 Å². The number of thiophene rings is 1. The van der Waals surface area contributed by atoms with Crippen molar-refractivity contribution in [3.63, 3.8) is 0 Å². The van der Waals surface area contributed by atoms with Crippen molar-refractivity contribution in [2.75, 3.05) is 12.4 Å². The van der Waals surface area contributed by atoms with Crippen molar-refractivity contribution in [1.29, 1.82) is 0 Å². The Morgan fingerprint density at radius 2 is 2.12 bits per heavy atom. The van der Waals surface area contributed by atoms with Gasteiger partial charge in [0.25, 0.3) is 5.91 Å². The molecular formula is C19H23N3O3S.